The summed E-state index contributed by atoms with van der Waals surface area (Å²) in [5.41, 5.74) is 1.81. The van der Waals surface area contributed by atoms with Crippen LogP contribution >= 0.6 is 0 Å². The number of aromatic nitrogens is 2. The third kappa shape index (κ3) is 3.63. The second-order valence-electron chi connectivity index (χ2n) is 7.90. The Kier molecular flexibility index (Phi) is 5.33. The molecule has 2 aliphatic rings. The minimum Gasteiger partial charge on any atom is -0.478 e. The number of carbonyl (C=O) groups is 1. The van der Waals surface area contributed by atoms with Crippen molar-refractivity contribution in [1.82, 2.24) is 14.5 Å². The Labute approximate surface area is 162 Å². The molecule has 1 aliphatic heterocycles. The molecule has 28 heavy (non-hydrogen) atoms. The molecule has 2 aromatic rings. The van der Waals surface area contributed by atoms with Gasteiger partial charge in [0, 0.05) is 43.0 Å². The van der Waals surface area contributed by atoms with Crippen LogP contribution in [0.2, 0.25) is 0 Å². The highest BCUT2D eigenvalue weighted by Crippen LogP contribution is 2.33. The average molecular weight is 393 g/mol. The lowest BCUT2D eigenvalue weighted by atomic mass is 9.84. The summed E-state index contributed by atoms with van der Waals surface area (Å²) in [5, 5.41) is 10.3. The van der Waals surface area contributed by atoms with Crippen LogP contribution in [-0.4, -0.2) is 57.4 Å². The molecule has 0 bridgehead atoms. The predicted molar refractivity (Wildman–Crippen MR) is 99.6 cm³/mol. The van der Waals surface area contributed by atoms with Crippen molar-refractivity contribution < 1.29 is 23.4 Å². The van der Waals surface area contributed by atoms with Crippen LogP contribution in [-0.2, 0) is 11.3 Å². The summed E-state index contributed by atoms with van der Waals surface area (Å²) in [6, 6.07) is 4.01. The zero-order chi connectivity index (χ0) is 19.8. The molecule has 0 unspecified atom stereocenters. The molecule has 3 heterocycles. The van der Waals surface area contributed by atoms with E-state index in [9.17, 15) is 18.7 Å². The highest BCUT2D eigenvalue weighted by atomic mass is 19.3. The third-order valence-electron chi connectivity index (χ3n) is 6.24. The van der Waals surface area contributed by atoms with Gasteiger partial charge in [-0.2, -0.15) is 8.78 Å². The molecule has 0 atom stereocenters. The Morgan fingerprint density at radius 2 is 2.04 bits per heavy atom. The zero-order valence-corrected chi connectivity index (χ0v) is 15.9. The zero-order valence-electron chi connectivity index (χ0n) is 15.9. The van der Waals surface area contributed by atoms with Crippen LogP contribution in [0.15, 0.2) is 18.3 Å². The molecule has 0 aromatic carbocycles. The summed E-state index contributed by atoms with van der Waals surface area (Å²) < 4.78 is 31.1. The Balaban J connectivity index is 1.38. The van der Waals surface area contributed by atoms with Crippen LogP contribution in [0.25, 0.3) is 11.0 Å². The van der Waals surface area contributed by atoms with Gasteiger partial charge < -0.3 is 14.4 Å². The lowest BCUT2D eigenvalue weighted by Crippen LogP contribution is -2.57. The Morgan fingerprint density at radius 1 is 1.32 bits per heavy atom. The number of hydrogen-bond acceptors (Lipinski definition) is 4. The van der Waals surface area contributed by atoms with Gasteiger partial charge in [-0.3, -0.25) is 4.90 Å². The molecule has 1 saturated heterocycles. The van der Waals surface area contributed by atoms with E-state index in [1.54, 1.807) is 12.3 Å². The molecule has 1 N–H and O–H groups in total. The van der Waals surface area contributed by atoms with Gasteiger partial charge in [-0.1, -0.05) is 0 Å². The van der Waals surface area contributed by atoms with Crippen molar-refractivity contribution in [3.63, 3.8) is 0 Å². The number of carboxylic acids is 1. The number of aromatic carboxylic acids is 1. The highest BCUT2D eigenvalue weighted by Gasteiger charge is 2.36. The lowest BCUT2D eigenvalue weighted by Gasteiger charge is -2.46. The van der Waals surface area contributed by atoms with Gasteiger partial charge in [-0.15, -0.1) is 0 Å². The van der Waals surface area contributed by atoms with E-state index in [-0.39, 0.29) is 6.10 Å². The molecule has 0 spiro atoms. The van der Waals surface area contributed by atoms with E-state index in [0.29, 0.717) is 36.0 Å². The van der Waals surface area contributed by atoms with Crippen molar-refractivity contribution in [3.05, 3.63) is 29.6 Å². The van der Waals surface area contributed by atoms with Crippen molar-refractivity contribution >= 4 is 17.0 Å². The maximum absolute atomic E-state index is 12.2. The van der Waals surface area contributed by atoms with Crippen molar-refractivity contribution in [2.45, 2.75) is 57.9 Å². The summed E-state index contributed by atoms with van der Waals surface area (Å²) in [4.78, 5) is 18.4. The second kappa shape index (κ2) is 7.75. The second-order valence-corrected chi connectivity index (χ2v) is 7.90. The van der Waals surface area contributed by atoms with E-state index in [4.69, 9.17) is 0 Å². The van der Waals surface area contributed by atoms with Gasteiger partial charge in [-0.05, 0) is 50.7 Å². The van der Waals surface area contributed by atoms with Gasteiger partial charge in [0.2, 0.25) is 0 Å². The first-order valence-corrected chi connectivity index (χ1v) is 9.78. The number of fused-ring (bicyclic) bond motifs is 1. The fourth-order valence-electron chi connectivity index (χ4n) is 4.74. The van der Waals surface area contributed by atoms with Crippen molar-refractivity contribution in [1.29, 1.82) is 0 Å². The Bertz CT molecular complexity index is 856. The first kappa shape index (κ1) is 19.3. The van der Waals surface area contributed by atoms with Gasteiger partial charge in [0.25, 0.3) is 0 Å². The maximum atomic E-state index is 12.2. The SMILES string of the molecule is Cc1c(C(=O)O)c2cccnc2n1CC1CCC(N2CC(OC(F)F)C2)CC1. The Morgan fingerprint density at radius 3 is 2.68 bits per heavy atom. The van der Waals surface area contributed by atoms with Gasteiger partial charge >= 0.3 is 12.6 Å². The Hall–Kier alpha value is -2.06. The van der Waals surface area contributed by atoms with E-state index in [0.717, 1.165) is 43.6 Å². The van der Waals surface area contributed by atoms with E-state index >= 15 is 0 Å². The number of ether oxygens (including phenoxy) is 1. The van der Waals surface area contributed by atoms with Gasteiger partial charge in [0.15, 0.2) is 0 Å². The molecule has 4 rings (SSSR count). The number of carboxylic acid groups (broad SMARTS) is 1. The van der Waals surface area contributed by atoms with Crippen LogP contribution < -0.4 is 0 Å². The molecule has 8 heteroatoms. The number of pyridine rings is 1. The summed E-state index contributed by atoms with van der Waals surface area (Å²) in [5.74, 6) is -0.458. The number of nitrogens with zero attached hydrogens (tertiary/aromatic N) is 3. The minimum absolute atomic E-state index is 0.336. The topological polar surface area (TPSA) is 67.6 Å². The normalized spacial score (nSPS) is 24.0. The highest BCUT2D eigenvalue weighted by molar-refractivity contribution is 6.03. The number of halogens is 2. The number of alkyl halides is 2. The van der Waals surface area contributed by atoms with Crippen LogP contribution in [0.1, 0.15) is 41.7 Å². The fourth-order valence-corrected chi connectivity index (χ4v) is 4.74. The largest absolute Gasteiger partial charge is 0.478 e. The van der Waals surface area contributed by atoms with Gasteiger partial charge in [0.1, 0.15) is 5.65 Å². The first-order chi connectivity index (χ1) is 13.4. The monoisotopic (exact) mass is 393 g/mol. The van der Waals surface area contributed by atoms with Gasteiger partial charge in [0.05, 0.1) is 11.7 Å². The molecule has 2 aromatic heterocycles. The standard InChI is InChI=1S/C20H25F2N3O3/c1-12-17(19(26)27)16-3-2-8-23-18(16)25(12)9-13-4-6-14(7-5-13)24-10-15(11-24)28-20(21)22/h2-3,8,13-15,20H,4-7,9-11H2,1H3,(H,26,27). The molecular weight excluding hydrogens is 368 g/mol. The van der Waals surface area contributed by atoms with Crippen LogP contribution in [0.3, 0.4) is 0 Å². The summed E-state index contributed by atoms with van der Waals surface area (Å²) >= 11 is 0. The summed E-state index contributed by atoms with van der Waals surface area (Å²) in [6.07, 6.45) is 5.49. The first-order valence-electron chi connectivity index (χ1n) is 9.78. The van der Waals surface area contributed by atoms with Crippen LogP contribution in [0.4, 0.5) is 8.78 Å². The third-order valence-corrected chi connectivity index (χ3v) is 6.24. The summed E-state index contributed by atoms with van der Waals surface area (Å²) in [6.45, 7) is 1.10. The minimum atomic E-state index is -2.69. The smallest absolute Gasteiger partial charge is 0.345 e. The van der Waals surface area contributed by atoms with E-state index in [1.165, 1.54) is 0 Å². The molecule has 1 aliphatic carbocycles. The average Bonchev–Trinajstić information content (AvgIpc) is 2.90. The van der Waals surface area contributed by atoms with E-state index in [2.05, 4.69) is 14.6 Å². The quantitative estimate of drug-likeness (QED) is 0.813. The molecule has 0 radical (unpaired) electrons. The van der Waals surface area contributed by atoms with E-state index in [1.807, 2.05) is 17.6 Å². The van der Waals surface area contributed by atoms with Crippen LogP contribution in [0, 0.1) is 12.8 Å². The van der Waals surface area contributed by atoms with Crippen molar-refractivity contribution in [3.8, 4) is 0 Å². The van der Waals surface area contributed by atoms with Crippen molar-refractivity contribution in [2.75, 3.05) is 13.1 Å². The fraction of sp³-hybridized carbons (Fsp3) is 0.600. The van der Waals surface area contributed by atoms with E-state index < -0.39 is 12.6 Å². The lowest BCUT2D eigenvalue weighted by molar-refractivity contribution is -0.202. The molecule has 0 amide bonds. The predicted octanol–water partition coefficient (Wildman–Crippen LogP) is 3.53. The number of hydrogen-bond donors (Lipinski definition) is 1. The molecule has 2 fully saturated rings. The number of rotatable bonds is 6. The van der Waals surface area contributed by atoms with Crippen molar-refractivity contribution in [2.24, 2.45) is 5.92 Å². The van der Waals surface area contributed by atoms with Gasteiger partial charge in [-0.25, -0.2) is 9.78 Å². The summed E-state index contributed by atoms with van der Waals surface area (Å²) in [7, 11) is 0. The molecular formula is C20H25F2N3O3. The molecule has 1 saturated carbocycles. The van der Waals surface area contributed by atoms with Crippen LogP contribution in [0.5, 0.6) is 0 Å². The molecule has 6 nitrogen and oxygen atoms in total. The maximum Gasteiger partial charge on any atom is 0.345 e. The number of likely N-dealkylation sites (tertiary alicyclic amines) is 1. The molecule has 152 valence electrons.